The van der Waals surface area contributed by atoms with Crippen molar-refractivity contribution in [1.82, 2.24) is 15.9 Å². The lowest BCUT2D eigenvalue weighted by molar-refractivity contribution is 0.473. The molecule has 0 bridgehead atoms. The van der Waals surface area contributed by atoms with E-state index in [4.69, 9.17) is 10.5 Å². The summed E-state index contributed by atoms with van der Waals surface area (Å²) in [6.07, 6.45) is 1.58. The van der Waals surface area contributed by atoms with E-state index in [1.807, 2.05) is 6.92 Å². The molecule has 0 aliphatic carbocycles. The predicted octanol–water partition coefficient (Wildman–Crippen LogP) is 2.49. The topological polar surface area (TPSA) is 58.8 Å². The number of nitrogens with zero attached hydrogens (tertiary/aromatic N) is 2. The van der Waals surface area contributed by atoms with Crippen LogP contribution in [0, 0.1) is 6.92 Å². The maximum absolute atomic E-state index is 7.34. The van der Waals surface area contributed by atoms with Gasteiger partial charge < -0.3 is 10.5 Å². The highest BCUT2D eigenvalue weighted by molar-refractivity contribution is 5.40. The Morgan fingerprint density at radius 2 is 1.87 bits per heavy atom. The molecule has 0 saturated heterocycles. The van der Waals surface area contributed by atoms with Crippen LogP contribution in [0.15, 0.2) is 36.5 Å². The summed E-state index contributed by atoms with van der Waals surface area (Å²) in [5.74, 6) is 1.38. The largest absolute Gasteiger partial charge is 0.455 e. The molecule has 1 radical (unpaired) electrons. The molecule has 0 spiro atoms. The summed E-state index contributed by atoms with van der Waals surface area (Å²) in [6.45, 7) is 1.83. The second-order valence-electron chi connectivity index (χ2n) is 3.11. The molecule has 15 heavy (non-hydrogen) atoms. The third-order valence-electron chi connectivity index (χ3n) is 1.94. The minimum Gasteiger partial charge on any atom is -0.455 e. The van der Waals surface area contributed by atoms with Crippen LogP contribution in [0.5, 0.6) is 11.5 Å². The van der Waals surface area contributed by atoms with Gasteiger partial charge in [-0.2, -0.15) is 10.2 Å². The average molecular weight is 200 g/mol. The SMILES string of the molecule is Cc1nnccc1Oc1ccc([NH])cc1. The average Bonchev–Trinajstić information content (AvgIpc) is 2.25. The lowest BCUT2D eigenvalue weighted by Crippen LogP contribution is -1.91. The van der Waals surface area contributed by atoms with Gasteiger partial charge >= 0.3 is 0 Å². The second-order valence-corrected chi connectivity index (χ2v) is 3.11. The number of aromatic nitrogens is 2. The Morgan fingerprint density at radius 3 is 2.53 bits per heavy atom. The summed E-state index contributed by atoms with van der Waals surface area (Å²) >= 11 is 0. The van der Waals surface area contributed by atoms with E-state index in [-0.39, 0.29) is 0 Å². The Bertz CT molecular complexity index is 454. The van der Waals surface area contributed by atoms with Gasteiger partial charge in [0.1, 0.15) is 11.4 Å². The minimum absolute atomic E-state index is 0.465. The van der Waals surface area contributed by atoms with Crippen LogP contribution in [0.1, 0.15) is 5.69 Å². The van der Waals surface area contributed by atoms with Crippen molar-refractivity contribution in [1.29, 1.82) is 0 Å². The molecule has 1 aromatic heterocycles. The minimum atomic E-state index is 0.465. The number of benzene rings is 1. The molecular formula is C11H10N3O. The molecule has 75 valence electrons. The summed E-state index contributed by atoms with van der Waals surface area (Å²) in [5.41, 5.74) is 8.54. The van der Waals surface area contributed by atoms with Crippen LogP contribution < -0.4 is 10.5 Å². The molecule has 0 fully saturated rings. The van der Waals surface area contributed by atoms with Crippen molar-refractivity contribution in [3.8, 4) is 11.5 Å². The van der Waals surface area contributed by atoms with Gasteiger partial charge in [0.05, 0.1) is 11.9 Å². The zero-order valence-corrected chi connectivity index (χ0v) is 8.27. The summed E-state index contributed by atoms with van der Waals surface area (Å²) in [7, 11) is 0. The van der Waals surface area contributed by atoms with Gasteiger partial charge in [0.2, 0.25) is 0 Å². The Hall–Kier alpha value is -2.10. The first kappa shape index (κ1) is 9.45. The zero-order chi connectivity index (χ0) is 10.7. The normalized spacial score (nSPS) is 9.93. The molecule has 4 nitrogen and oxygen atoms in total. The van der Waals surface area contributed by atoms with E-state index in [2.05, 4.69) is 10.2 Å². The van der Waals surface area contributed by atoms with Gasteiger partial charge in [0.25, 0.3) is 0 Å². The smallest absolute Gasteiger partial charge is 0.152 e. The van der Waals surface area contributed by atoms with Gasteiger partial charge in [-0.15, -0.1) is 0 Å². The van der Waals surface area contributed by atoms with Crippen molar-refractivity contribution < 1.29 is 4.74 Å². The van der Waals surface area contributed by atoms with Gasteiger partial charge in [-0.1, -0.05) is 0 Å². The molecule has 2 aromatic rings. The van der Waals surface area contributed by atoms with Gasteiger partial charge in [-0.25, -0.2) is 0 Å². The number of hydrogen-bond donors (Lipinski definition) is 0. The molecule has 0 amide bonds. The first-order valence-corrected chi connectivity index (χ1v) is 4.53. The van der Waals surface area contributed by atoms with Gasteiger partial charge in [-0.3, -0.25) is 0 Å². The molecule has 0 atom stereocenters. The first-order valence-electron chi connectivity index (χ1n) is 4.53. The van der Waals surface area contributed by atoms with E-state index in [1.54, 1.807) is 36.5 Å². The van der Waals surface area contributed by atoms with Crippen molar-refractivity contribution in [2.24, 2.45) is 0 Å². The fourth-order valence-electron chi connectivity index (χ4n) is 1.15. The number of ether oxygens (including phenoxy) is 1. The van der Waals surface area contributed by atoms with Crippen LogP contribution in [0.25, 0.3) is 0 Å². The molecule has 0 saturated carbocycles. The van der Waals surface area contributed by atoms with Crippen molar-refractivity contribution in [3.63, 3.8) is 0 Å². The number of nitrogens with one attached hydrogen (secondary N) is 1. The van der Waals surface area contributed by atoms with Crippen molar-refractivity contribution in [2.75, 3.05) is 0 Å². The highest BCUT2D eigenvalue weighted by Crippen LogP contribution is 2.23. The highest BCUT2D eigenvalue weighted by atomic mass is 16.5. The zero-order valence-electron chi connectivity index (χ0n) is 8.27. The van der Waals surface area contributed by atoms with E-state index in [0.29, 0.717) is 17.2 Å². The summed E-state index contributed by atoms with van der Waals surface area (Å²) in [4.78, 5) is 0. The number of rotatable bonds is 2. The molecular weight excluding hydrogens is 190 g/mol. The Kier molecular flexibility index (Phi) is 2.49. The van der Waals surface area contributed by atoms with Crippen LogP contribution in [0.3, 0.4) is 0 Å². The summed E-state index contributed by atoms with van der Waals surface area (Å²) < 4.78 is 5.58. The monoisotopic (exact) mass is 200 g/mol. The van der Waals surface area contributed by atoms with Crippen LogP contribution >= 0.6 is 0 Å². The van der Waals surface area contributed by atoms with E-state index >= 15 is 0 Å². The van der Waals surface area contributed by atoms with Gasteiger partial charge in [-0.05, 0) is 31.2 Å². The summed E-state index contributed by atoms with van der Waals surface area (Å²) in [5, 5.41) is 7.62. The maximum Gasteiger partial charge on any atom is 0.152 e. The second kappa shape index (κ2) is 3.96. The first-order chi connectivity index (χ1) is 7.25. The molecule has 0 aliphatic rings. The lowest BCUT2D eigenvalue weighted by atomic mass is 10.3. The standard InChI is InChI=1S/C11H10N3O/c1-8-11(6-7-13-14-8)15-10-4-2-9(12)3-5-10/h2-7,12H,1H3. The van der Waals surface area contributed by atoms with E-state index in [1.165, 1.54) is 0 Å². The molecule has 0 aliphatic heterocycles. The molecule has 1 aromatic carbocycles. The fraction of sp³-hybridized carbons (Fsp3) is 0.0909. The Morgan fingerprint density at radius 1 is 1.13 bits per heavy atom. The third kappa shape index (κ3) is 2.22. The Balaban J connectivity index is 2.22. The Labute approximate surface area is 87.7 Å². The lowest BCUT2D eigenvalue weighted by Gasteiger charge is -2.06. The number of aryl methyl sites for hydroxylation is 1. The molecule has 2 rings (SSSR count). The molecule has 0 unspecified atom stereocenters. The predicted molar refractivity (Wildman–Crippen MR) is 56.0 cm³/mol. The van der Waals surface area contributed by atoms with Gasteiger partial charge in [0, 0.05) is 6.07 Å². The van der Waals surface area contributed by atoms with E-state index in [0.717, 1.165) is 5.69 Å². The van der Waals surface area contributed by atoms with Crippen molar-refractivity contribution in [2.45, 2.75) is 6.92 Å². The molecule has 1 heterocycles. The van der Waals surface area contributed by atoms with Crippen molar-refractivity contribution >= 4 is 5.69 Å². The van der Waals surface area contributed by atoms with Crippen molar-refractivity contribution in [3.05, 3.63) is 42.2 Å². The van der Waals surface area contributed by atoms with Crippen LogP contribution in [-0.2, 0) is 0 Å². The van der Waals surface area contributed by atoms with Crippen LogP contribution in [0.2, 0.25) is 0 Å². The van der Waals surface area contributed by atoms with E-state index in [9.17, 15) is 0 Å². The quantitative estimate of drug-likeness (QED) is 0.748. The number of hydrogen-bond acceptors (Lipinski definition) is 3. The van der Waals surface area contributed by atoms with E-state index < -0.39 is 0 Å². The molecule has 4 heteroatoms. The van der Waals surface area contributed by atoms with Crippen LogP contribution in [-0.4, -0.2) is 10.2 Å². The van der Waals surface area contributed by atoms with Crippen LogP contribution in [0.4, 0.5) is 5.69 Å². The highest BCUT2D eigenvalue weighted by Gasteiger charge is 2.01. The fourth-order valence-corrected chi connectivity index (χ4v) is 1.15. The third-order valence-corrected chi connectivity index (χ3v) is 1.94. The van der Waals surface area contributed by atoms with Gasteiger partial charge in [0.15, 0.2) is 5.75 Å². The summed E-state index contributed by atoms with van der Waals surface area (Å²) in [6, 6.07) is 8.62. The molecule has 1 N–H and O–H groups in total. The maximum atomic E-state index is 7.34.